The minimum absolute atomic E-state index is 0.0423. The summed E-state index contributed by atoms with van der Waals surface area (Å²) in [6, 6.07) is 17.2. The zero-order valence-corrected chi connectivity index (χ0v) is 23.1. The maximum atomic E-state index is 13.9. The molecule has 3 fully saturated rings. The molecule has 0 aliphatic carbocycles. The number of aromatic nitrogens is 1. The first-order chi connectivity index (χ1) is 19.3. The number of β-lactam (4-membered cyclic amide) rings is 1. The van der Waals surface area contributed by atoms with Crippen LogP contribution >= 0.6 is 0 Å². The number of carbonyl (C=O) groups excluding carboxylic acids is 3. The molecule has 3 atom stereocenters. The highest BCUT2D eigenvalue weighted by Gasteiger charge is 2.69. The van der Waals surface area contributed by atoms with Gasteiger partial charge >= 0.3 is 0 Å². The normalized spacial score (nSPS) is 23.9. The highest BCUT2D eigenvalue weighted by atomic mass is 19.1. The van der Waals surface area contributed by atoms with Gasteiger partial charge in [0.1, 0.15) is 11.4 Å². The van der Waals surface area contributed by atoms with E-state index in [1.54, 1.807) is 23.1 Å². The summed E-state index contributed by atoms with van der Waals surface area (Å²) in [5, 5.41) is 6.86. The van der Waals surface area contributed by atoms with Gasteiger partial charge in [-0.3, -0.25) is 14.4 Å². The Balaban J connectivity index is 0.000000348. The van der Waals surface area contributed by atoms with E-state index in [2.05, 4.69) is 24.3 Å². The fourth-order valence-electron chi connectivity index (χ4n) is 6.28. The van der Waals surface area contributed by atoms with Crippen molar-refractivity contribution in [3.05, 3.63) is 77.7 Å². The third-order valence-corrected chi connectivity index (χ3v) is 8.21. The summed E-state index contributed by atoms with van der Waals surface area (Å²) in [5.74, 6) is 0.0937. The molecular weight excluding hydrogens is 509 g/mol. The van der Waals surface area contributed by atoms with Crippen molar-refractivity contribution < 1.29 is 23.3 Å². The van der Waals surface area contributed by atoms with Crippen molar-refractivity contribution in [2.45, 2.75) is 70.4 Å². The molecule has 0 saturated carbocycles. The molecule has 8 heteroatoms. The number of ketones is 1. The average Bonchev–Trinajstić information content (AvgIpc) is 3.51. The number of Topliss-reactive ketones (excluding diaryl/α,β-unsaturated/α-hetero) is 1. The number of halogens is 1. The molecule has 0 radical (unpaired) electrons. The van der Waals surface area contributed by atoms with Crippen molar-refractivity contribution in [2.75, 3.05) is 6.54 Å². The smallest absolute Gasteiger partial charge is 0.229 e. The van der Waals surface area contributed by atoms with Crippen LogP contribution in [0.1, 0.15) is 80.9 Å². The lowest BCUT2D eigenvalue weighted by Crippen LogP contribution is -2.72. The first-order valence-electron chi connectivity index (χ1n) is 14.2. The maximum absolute atomic E-state index is 13.9. The Morgan fingerprint density at radius 3 is 2.58 bits per heavy atom. The highest BCUT2D eigenvalue weighted by Crippen LogP contribution is 2.57. The molecule has 2 aromatic carbocycles. The molecule has 3 aromatic rings. The van der Waals surface area contributed by atoms with E-state index in [1.807, 2.05) is 30.3 Å². The second-order valence-electron chi connectivity index (χ2n) is 11.4. The Morgan fingerprint density at radius 1 is 1.10 bits per heavy atom. The lowest BCUT2D eigenvalue weighted by molar-refractivity contribution is -0.165. The van der Waals surface area contributed by atoms with Crippen LogP contribution in [0.5, 0.6) is 0 Å². The third kappa shape index (κ3) is 5.31. The van der Waals surface area contributed by atoms with Gasteiger partial charge in [-0.1, -0.05) is 55.8 Å². The largest absolute Gasteiger partial charge is 0.356 e. The van der Waals surface area contributed by atoms with E-state index in [9.17, 15) is 18.8 Å². The number of amides is 2. The van der Waals surface area contributed by atoms with E-state index in [0.29, 0.717) is 30.1 Å². The zero-order valence-electron chi connectivity index (χ0n) is 23.1. The number of benzene rings is 2. The minimum atomic E-state index is -0.890. The van der Waals surface area contributed by atoms with Gasteiger partial charge in [0.15, 0.2) is 11.5 Å². The lowest BCUT2D eigenvalue weighted by Gasteiger charge is -2.55. The first kappa shape index (κ1) is 27.7. The van der Waals surface area contributed by atoms with Crippen molar-refractivity contribution in [1.29, 1.82) is 0 Å². The highest BCUT2D eigenvalue weighted by molar-refractivity contribution is 6.12. The summed E-state index contributed by atoms with van der Waals surface area (Å²) in [6.07, 6.45) is 6.17. The summed E-state index contributed by atoms with van der Waals surface area (Å²) in [7, 11) is 0. The Labute approximate surface area is 234 Å². The molecule has 1 aromatic heterocycles. The number of nitrogens with one attached hydrogen (secondary N) is 1. The summed E-state index contributed by atoms with van der Waals surface area (Å²) >= 11 is 0. The van der Waals surface area contributed by atoms with E-state index >= 15 is 0 Å². The second-order valence-corrected chi connectivity index (χ2v) is 11.4. The Hall–Kier alpha value is -3.81. The molecule has 0 bridgehead atoms. The van der Waals surface area contributed by atoms with Crippen LogP contribution in [0.15, 0.2) is 65.2 Å². The Bertz CT molecular complexity index is 1340. The molecular formula is C32H36FN3O4. The van der Waals surface area contributed by atoms with Crippen molar-refractivity contribution in [2.24, 2.45) is 11.8 Å². The Kier molecular flexibility index (Phi) is 8.14. The lowest BCUT2D eigenvalue weighted by atomic mass is 9.66. The number of nitrogens with zero attached hydrogens (tertiary/aromatic N) is 2. The van der Waals surface area contributed by atoms with Crippen molar-refractivity contribution in [3.8, 4) is 11.3 Å². The van der Waals surface area contributed by atoms with Crippen LogP contribution < -0.4 is 5.32 Å². The van der Waals surface area contributed by atoms with Crippen LogP contribution in [0.4, 0.5) is 4.39 Å². The van der Waals surface area contributed by atoms with Crippen LogP contribution in [-0.2, 0) is 9.59 Å². The molecule has 0 spiro atoms. The second kappa shape index (κ2) is 11.7. The molecule has 3 saturated heterocycles. The topological polar surface area (TPSA) is 92.5 Å². The molecule has 3 aliphatic heterocycles. The van der Waals surface area contributed by atoms with Gasteiger partial charge in [-0.25, -0.2) is 4.39 Å². The van der Waals surface area contributed by atoms with E-state index in [-0.39, 0.29) is 41.1 Å². The monoisotopic (exact) mass is 545 g/mol. The standard InChI is InChI=1S/C26H25FN2O3.C6H11NO/c1-16(2)14-20-25(31)29-22(17-6-4-3-5-7-17)12-13-26(20,29)24(30)21-15-23(32-28-21)18-8-10-19(27)11-9-18;8-6-4-2-1-3-5-7-6/h3-11,15-16,20,22H,12-14H2,1-2H3;1-5H2,(H,7,8). The van der Waals surface area contributed by atoms with Gasteiger partial charge in [0.2, 0.25) is 17.6 Å². The molecule has 6 rings (SSSR count). The van der Waals surface area contributed by atoms with Crippen LogP contribution in [0.2, 0.25) is 0 Å². The van der Waals surface area contributed by atoms with E-state index in [0.717, 1.165) is 37.8 Å². The van der Waals surface area contributed by atoms with Crippen molar-refractivity contribution in [3.63, 3.8) is 0 Å². The van der Waals surface area contributed by atoms with Gasteiger partial charge in [-0.05, 0) is 67.9 Å². The number of fused-ring (bicyclic) bond motifs is 1. The predicted molar refractivity (Wildman–Crippen MR) is 149 cm³/mol. The minimum Gasteiger partial charge on any atom is -0.356 e. The number of hydrogen-bond acceptors (Lipinski definition) is 5. The first-order valence-corrected chi connectivity index (χ1v) is 14.2. The van der Waals surface area contributed by atoms with Gasteiger partial charge in [0.05, 0.1) is 12.0 Å². The molecule has 7 nitrogen and oxygen atoms in total. The molecule has 3 unspecified atom stereocenters. The zero-order chi connectivity index (χ0) is 28.3. The van der Waals surface area contributed by atoms with Crippen molar-refractivity contribution in [1.82, 2.24) is 15.4 Å². The van der Waals surface area contributed by atoms with E-state index < -0.39 is 5.54 Å². The van der Waals surface area contributed by atoms with Gasteiger partial charge in [-0.15, -0.1) is 0 Å². The third-order valence-electron chi connectivity index (χ3n) is 8.21. The summed E-state index contributed by atoms with van der Waals surface area (Å²) in [4.78, 5) is 39.5. The van der Waals surface area contributed by atoms with Gasteiger partial charge in [0, 0.05) is 24.6 Å². The number of hydrogen-bond donors (Lipinski definition) is 1. The predicted octanol–water partition coefficient (Wildman–Crippen LogP) is 6.12. The van der Waals surface area contributed by atoms with Crippen LogP contribution in [0, 0.1) is 17.7 Å². The average molecular weight is 546 g/mol. The van der Waals surface area contributed by atoms with Crippen LogP contribution in [-0.4, -0.2) is 39.7 Å². The number of rotatable bonds is 6. The fourth-order valence-corrected chi connectivity index (χ4v) is 6.28. The quantitative estimate of drug-likeness (QED) is 0.298. The fraction of sp³-hybridized carbons (Fsp3) is 0.438. The summed E-state index contributed by atoms with van der Waals surface area (Å²) in [5.41, 5.74) is 1.01. The maximum Gasteiger partial charge on any atom is 0.229 e. The van der Waals surface area contributed by atoms with Crippen molar-refractivity contribution >= 4 is 17.6 Å². The van der Waals surface area contributed by atoms with Gasteiger partial charge in [0.25, 0.3) is 0 Å². The molecule has 1 N–H and O–H groups in total. The number of carbonyl (C=O) groups is 3. The Morgan fingerprint density at radius 2 is 1.85 bits per heavy atom. The summed E-state index contributed by atoms with van der Waals surface area (Å²) in [6.45, 7) is 5.03. The van der Waals surface area contributed by atoms with E-state index in [1.165, 1.54) is 18.6 Å². The molecule has 2 amide bonds. The van der Waals surface area contributed by atoms with Crippen LogP contribution in [0.3, 0.4) is 0 Å². The summed E-state index contributed by atoms with van der Waals surface area (Å²) < 4.78 is 18.7. The van der Waals surface area contributed by atoms with Gasteiger partial charge < -0.3 is 14.7 Å². The van der Waals surface area contributed by atoms with Gasteiger partial charge in [-0.2, -0.15) is 0 Å². The molecule has 210 valence electrons. The SMILES string of the molecule is CC(C)CC1C(=O)N2C(c3ccccc3)CCC12C(=O)c1cc(-c2ccc(F)cc2)on1.O=C1CCCCCN1. The molecule has 3 aliphatic rings. The van der Waals surface area contributed by atoms with E-state index in [4.69, 9.17) is 4.52 Å². The molecule has 40 heavy (non-hydrogen) atoms. The molecule has 4 heterocycles. The van der Waals surface area contributed by atoms with Crippen LogP contribution in [0.25, 0.3) is 11.3 Å².